The summed E-state index contributed by atoms with van der Waals surface area (Å²) in [5.41, 5.74) is 13.3. The molecule has 5 N–H and O–H groups in total. The molecular weight excluding hydrogens is 240 g/mol. The normalized spacial score (nSPS) is 21.9. The van der Waals surface area contributed by atoms with Crippen LogP contribution < -0.4 is 16.8 Å². The van der Waals surface area contributed by atoms with E-state index >= 15 is 0 Å². The number of fused-ring (bicyclic) bond motifs is 1. The third-order valence-corrected chi connectivity index (χ3v) is 3.56. The van der Waals surface area contributed by atoms with Crippen LogP contribution >= 0.6 is 0 Å². The first-order chi connectivity index (χ1) is 9.15. The lowest BCUT2D eigenvalue weighted by atomic mass is 9.87. The Bertz CT molecular complexity index is 634. The summed E-state index contributed by atoms with van der Waals surface area (Å²) >= 11 is 0. The summed E-state index contributed by atoms with van der Waals surface area (Å²) in [5.74, 6) is -0.468. The van der Waals surface area contributed by atoms with Crippen molar-refractivity contribution in [2.75, 3.05) is 5.32 Å². The molecule has 0 aliphatic heterocycles. The number of aromatic nitrogens is 1. The second kappa shape index (κ2) is 4.51. The predicted octanol–water partition coefficient (Wildman–Crippen LogP) is 1.24. The van der Waals surface area contributed by atoms with E-state index in [1.54, 1.807) is 0 Å². The lowest BCUT2D eigenvalue weighted by Crippen LogP contribution is -2.44. The van der Waals surface area contributed by atoms with E-state index < -0.39 is 5.91 Å². The summed E-state index contributed by atoms with van der Waals surface area (Å²) in [6.07, 6.45) is 3.36. The van der Waals surface area contributed by atoms with Gasteiger partial charge in [0.05, 0.1) is 16.8 Å². The van der Waals surface area contributed by atoms with Crippen molar-refractivity contribution >= 4 is 22.5 Å². The second-order valence-electron chi connectivity index (χ2n) is 5.00. The van der Waals surface area contributed by atoms with Crippen molar-refractivity contribution in [3.8, 4) is 0 Å². The first-order valence-corrected chi connectivity index (χ1v) is 6.35. The molecule has 1 aromatic heterocycles. The lowest BCUT2D eigenvalue weighted by molar-refractivity contribution is 0.100. The Morgan fingerprint density at radius 3 is 2.74 bits per heavy atom. The van der Waals surface area contributed by atoms with E-state index in [4.69, 9.17) is 11.5 Å². The van der Waals surface area contributed by atoms with Crippen LogP contribution in [0.25, 0.3) is 10.9 Å². The zero-order valence-electron chi connectivity index (χ0n) is 10.5. The van der Waals surface area contributed by atoms with E-state index in [9.17, 15) is 4.79 Å². The Kier molecular flexibility index (Phi) is 2.83. The molecule has 1 amide bonds. The molecule has 0 saturated heterocycles. The molecular formula is C14H16N4O. The summed E-state index contributed by atoms with van der Waals surface area (Å²) in [6.45, 7) is 0. The Balaban J connectivity index is 2.06. The van der Waals surface area contributed by atoms with Gasteiger partial charge in [-0.2, -0.15) is 0 Å². The Morgan fingerprint density at radius 1 is 1.32 bits per heavy atom. The van der Waals surface area contributed by atoms with E-state index in [0.29, 0.717) is 11.6 Å². The van der Waals surface area contributed by atoms with Crippen molar-refractivity contribution in [1.29, 1.82) is 0 Å². The number of anilines is 1. The maximum atomic E-state index is 11.5. The van der Waals surface area contributed by atoms with Crippen molar-refractivity contribution in [3.63, 3.8) is 0 Å². The largest absolute Gasteiger partial charge is 0.381 e. The van der Waals surface area contributed by atoms with Gasteiger partial charge >= 0.3 is 0 Å². The van der Waals surface area contributed by atoms with Gasteiger partial charge in [-0.05, 0) is 18.9 Å². The molecule has 1 aromatic carbocycles. The van der Waals surface area contributed by atoms with E-state index in [1.165, 1.54) is 6.20 Å². The fourth-order valence-corrected chi connectivity index (χ4v) is 2.47. The summed E-state index contributed by atoms with van der Waals surface area (Å²) in [6, 6.07) is 8.25. The van der Waals surface area contributed by atoms with Crippen LogP contribution in [0.4, 0.5) is 5.69 Å². The van der Waals surface area contributed by atoms with Crippen molar-refractivity contribution in [2.45, 2.75) is 24.9 Å². The highest BCUT2D eigenvalue weighted by Crippen LogP contribution is 2.30. The van der Waals surface area contributed by atoms with Crippen LogP contribution in [0.2, 0.25) is 0 Å². The summed E-state index contributed by atoms with van der Waals surface area (Å²) in [7, 11) is 0. The van der Waals surface area contributed by atoms with Crippen molar-refractivity contribution in [3.05, 3.63) is 36.0 Å². The maximum Gasteiger partial charge on any atom is 0.252 e. The van der Waals surface area contributed by atoms with Gasteiger partial charge in [0.15, 0.2) is 0 Å². The average molecular weight is 256 g/mol. The number of amides is 1. The fraction of sp³-hybridized carbons (Fsp3) is 0.286. The molecule has 2 aromatic rings. The average Bonchev–Trinajstić information content (AvgIpc) is 2.36. The highest BCUT2D eigenvalue weighted by atomic mass is 16.1. The Labute approximate surface area is 111 Å². The van der Waals surface area contributed by atoms with Gasteiger partial charge in [0.2, 0.25) is 0 Å². The third kappa shape index (κ3) is 2.13. The van der Waals surface area contributed by atoms with E-state index in [0.717, 1.165) is 29.4 Å². The molecule has 1 fully saturated rings. The number of nitrogens with zero attached hydrogens (tertiary/aromatic N) is 1. The third-order valence-electron chi connectivity index (χ3n) is 3.56. The van der Waals surface area contributed by atoms with Crippen LogP contribution in [0.1, 0.15) is 23.2 Å². The minimum absolute atomic E-state index is 0.252. The summed E-state index contributed by atoms with van der Waals surface area (Å²) in [5, 5.41) is 4.30. The summed E-state index contributed by atoms with van der Waals surface area (Å²) in [4.78, 5) is 15.8. The molecule has 0 bridgehead atoms. The van der Waals surface area contributed by atoms with Crippen LogP contribution in [0.3, 0.4) is 0 Å². The number of hydrogen-bond donors (Lipinski definition) is 3. The molecule has 19 heavy (non-hydrogen) atoms. The number of benzene rings is 1. The summed E-state index contributed by atoms with van der Waals surface area (Å²) < 4.78 is 0. The molecule has 1 aliphatic rings. The molecule has 1 heterocycles. The number of nitrogens with one attached hydrogen (secondary N) is 1. The van der Waals surface area contributed by atoms with Gasteiger partial charge in [-0.1, -0.05) is 18.2 Å². The van der Waals surface area contributed by atoms with Gasteiger partial charge in [-0.25, -0.2) is 0 Å². The first kappa shape index (κ1) is 11.9. The van der Waals surface area contributed by atoms with E-state index in [1.807, 2.05) is 24.3 Å². The van der Waals surface area contributed by atoms with E-state index in [2.05, 4.69) is 10.3 Å². The van der Waals surface area contributed by atoms with Crippen LogP contribution in [0.15, 0.2) is 30.5 Å². The van der Waals surface area contributed by atoms with Crippen LogP contribution in [0, 0.1) is 0 Å². The monoisotopic (exact) mass is 256 g/mol. The number of nitrogens with two attached hydrogens (primary N) is 2. The zero-order valence-corrected chi connectivity index (χ0v) is 10.5. The lowest BCUT2D eigenvalue weighted by Gasteiger charge is -2.34. The van der Waals surface area contributed by atoms with Gasteiger partial charge in [-0.3, -0.25) is 9.78 Å². The Hall–Kier alpha value is -2.14. The molecule has 98 valence electrons. The van der Waals surface area contributed by atoms with Crippen molar-refractivity contribution in [1.82, 2.24) is 4.98 Å². The van der Waals surface area contributed by atoms with Gasteiger partial charge < -0.3 is 16.8 Å². The van der Waals surface area contributed by atoms with Gasteiger partial charge in [-0.15, -0.1) is 0 Å². The molecule has 5 nitrogen and oxygen atoms in total. The van der Waals surface area contributed by atoms with Crippen molar-refractivity contribution < 1.29 is 4.79 Å². The van der Waals surface area contributed by atoms with Crippen LogP contribution in [-0.2, 0) is 0 Å². The molecule has 1 aliphatic carbocycles. The highest BCUT2D eigenvalue weighted by Gasteiger charge is 2.27. The fourth-order valence-electron chi connectivity index (χ4n) is 2.47. The molecule has 0 spiro atoms. The molecule has 0 atom stereocenters. The molecule has 0 unspecified atom stereocenters. The standard InChI is InChI=1S/C14H16N4O/c15-8-5-9(6-8)18-13-10-3-1-2-4-12(10)17-7-11(13)14(16)19/h1-4,7-9H,5-6,15H2,(H2,16,19)(H,17,18). The van der Waals surface area contributed by atoms with Crippen LogP contribution in [0.5, 0.6) is 0 Å². The van der Waals surface area contributed by atoms with E-state index in [-0.39, 0.29) is 6.04 Å². The Morgan fingerprint density at radius 2 is 2.05 bits per heavy atom. The van der Waals surface area contributed by atoms with Gasteiger partial charge in [0.1, 0.15) is 0 Å². The number of carbonyl (C=O) groups is 1. The highest BCUT2D eigenvalue weighted by molar-refractivity contribution is 6.06. The molecule has 5 heteroatoms. The number of para-hydroxylation sites is 1. The number of rotatable bonds is 3. The minimum Gasteiger partial charge on any atom is -0.381 e. The zero-order chi connectivity index (χ0) is 13.4. The minimum atomic E-state index is -0.468. The molecule has 0 radical (unpaired) electrons. The van der Waals surface area contributed by atoms with Gasteiger partial charge in [0.25, 0.3) is 5.91 Å². The molecule has 3 rings (SSSR count). The quantitative estimate of drug-likeness (QED) is 0.770. The first-order valence-electron chi connectivity index (χ1n) is 6.35. The number of pyridine rings is 1. The smallest absolute Gasteiger partial charge is 0.252 e. The van der Waals surface area contributed by atoms with Crippen molar-refractivity contribution in [2.24, 2.45) is 11.5 Å². The number of primary amides is 1. The second-order valence-corrected chi connectivity index (χ2v) is 5.00. The van der Waals surface area contributed by atoms with Crippen LogP contribution in [-0.4, -0.2) is 23.0 Å². The molecule has 1 saturated carbocycles. The topological polar surface area (TPSA) is 94.0 Å². The van der Waals surface area contributed by atoms with Gasteiger partial charge in [0, 0.05) is 23.7 Å². The number of hydrogen-bond acceptors (Lipinski definition) is 4. The number of carbonyl (C=O) groups excluding carboxylic acids is 1. The predicted molar refractivity (Wildman–Crippen MR) is 74.9 cm³/mol. The SMILES string of the molecule is NC(=O)c1cnc2ccccc2c1NC1CC(N)C1. The maximum absolute atomic E-state index is 11.5.